The number of rotatable bonds is 12. The first kappa shape index (κ1) is 24.6. The van der Waals surface area contributed by atoms with E-state index in [1.807, 2.05) is 61.7 Å². The van der Waals surface area contributed by atoms with Crippen molar-refractivity contribution in [2.45, 2.75) is 32.4 Å². The summed E-state index contributed by atoms with van der Waals surface area (Å²) in [6, 6.07) is 16.2. The molecule has 33 heavy (non-hydrogen) atoms. The maximum Gasteiger partial charge on any atom is 0.326 e. The molecular weight excluding hydrogens is 438 g/mol. The van der Waals surface area contributed by atoms with E-state index in [0.717, 1.165) is 28.0 Å². The van der Waals surface area contributed by atoms with Gasteiger partial charge in [0, 0.05) is 12.0 Å². The van der Waals surface area contributed by atoms with Gasteiger partial charge in [0.1, 0.15) is 11.8 Å². The van der Waals surface area contributed by atoms with E-state index < -0.39 is 17.9 Å². The Labute approximate surface area is 198 Å². The Kier molecular flexibility index (Phi) is 9.15. The summed E-state index contributed by atoms with van der Waals surface area (Å²) in [6.45, 7) is 2.90. The maximum absolute atomic E-state index is 13.1. The molecule has 1 unspecified atom stereocenters. The van der Waals surface area contributed by atoms with Crippen molar-refractivity contribution in [2.24, 2.45) is 0 Å². The highest BCUT2D eigenvalue weighted by molar-refractivity contribution is 7.98. The average molecular weight is 468 g/mol. The van der Waals surface area contributed by atoms with Gasteiger partial charge in [0.2, 0.25) is 0 Å². The quantitative estimate of drug-likeness (QED) is 0.367. The summed E-state index contributed by atoms with van der Waals surface area (Å²) in [5.74, 6) is 0.0939. The topological polar surface area (TPSA) is 88.8 Å². The molecule has 0 saturated heterocycles. The summed E-state index contributed by atoms with van der Waals surface area (Å²) in [4.78, 5) is 24.7. The number of aryl methyl sites for hydroxylation is 1. The molecule has 1 heterocycles. The molecular formula is C26H29NO5S. The summed E-state index contributed by atoms with van der Waals surface area (Å²) in [5, 5.41) is 12.2. The lowest BCUT2D eigenvalue weighted by molar-refractivity contribution is -0.139. The van der Waals surface area contributed by atoms with Gasteiger partial charge in [0.25, 0.3) is 5.91 Å². The number of hydrogen-bond acceptors (Lipinski definition) is 5. The van der Waals surface area contributed by atoms with Crippen LogP contribution in [-0.4, -0.2) is 41.6 Å². The molecule has 0 radical (unpaired) electrons. The molecule has 1 atom stereocenters. The van der Waals surface area contributed by atoms with Gasteiger partial charge in [-0.3, -0.25) is 4.79 Å². The lowest BCUT2D eigenvalue weighted by atomic mass is 9.93. The molecule has 0 saturated carbocycles. The molecule has 0 spiro atoms. The fourth-order valence-corrected chi connectivity index (χ4v) is 4.00. The Bertz CT molecular complexity index is 1060. The molecule has 3 aromatic rings. The zero-order chi connectivity index (χ0) is 23.6. The number of amides is 1. The van der Waals surface area contributed by atoms with E-state index in [-0.39, 0.29) is 0 Å². The Balaban J connectivity index is 1.80. The first-order valence-electron chi connectivity index (χ1n) is 10.8. The molecule has 6 nitrogen and oxygen atoms in total. The smallest absolute Gasteiger partial charge is 0.326 e. The molecule has 0 fully saturated rings. The van der Waals surface area contributed by atoms with E-state index in [1.165, 1.54) is 0 Å². The predicted molar refractivity (Wildman–Crippen MR) is 131 cm³/mol. The Morgan fingerprint density at radius 3 is 2.64 bits per heavy atom. The second-order valence-electron chi connectivity index (χ2n) is 7.72. The van der Waals surface area contributed by atoms with Crippen LogP contribution in [0.4, 0.5) is 0 Å². The standard InChI is InChI=1S/C26H29NO5S/c1-18-6-3-4-8-21(18)23-16-19(17-31-14-11-20-7-5-13-32-20)9-10-22(23)25(28)27-24(26(29)30)12-15-33-2/h3-10,13,16,24H,11-12,14-15,17H2,1-2H3,(H,27,28)(H,29,30). The van der Waals surface area contributed by atoms with Crippen molar-refractivity contribution in [3.8, 4) is 11.1 Å². The van der Waals surface area contributed by atoms with Gasteiger partial charge in [0.15, 0.2) is 0 Å². The van der Waals surface area contributed by atoms with Crippen molar-refractivity contribution in [3.63, 3.8) is 0 Å². The number of furan rings is 1. The van der Waals surface area contributed by atoms with Crippen LogP contribution in [-0.2, 0) is 22.6 Å². The van der Waals surface area contributed by atoms with Crippen LogP contribution in [0.15, 0.2) is 65.3 Å². The molecule has 0 aliphatic rings. The van der Waals surface area contributed by atoms with Gasteiger partial charge in [-0.2, -0.15) is 11.8 Å². The van der Waals surface area contributed by atoms with E-state index in [4.69, 9.17) is 9.15 Å². The number of carbonyl (C=O) groups excluding carboxylic acids is 1. The Morgan fingerprint density at radius 2 is 1.94 bits per heavy atom. The second kappa shape index (κ2) is 12.3. The first-order chi connectivity index (χ1) is 16.0. The van der Waals surface area contributed by atoms with Crippen molar-refractivity contribution in [2.75, 3.05) is 18.6 Å². The van der Waals surface area contributed by atoms with Crippen LogP contribution in [0, 0.1) is 6.92 Å². The van der Waals surface area contributed by atoms with Crippen LogP contribution in [0.1, 0.15) is 33.7 Å². The average Bonchev–Trinajstić information content (AvgIpc) is 3.33. The number of aliphatic carboxylic acids is 1. The van der Waals surface area contributed by atoms with Gasteiger partial charge in [-0.1, -0.05) is 30.3 Å². The molecule has 174 valence electrons. The van der Waals surface area contributed by atoms with E-state index in [9.17, 15) is 14.7 Å². The highest BCUT2D eigenvalue weighted by Gasteiger charge is 2.22. The fraction of sp³-hybridized carbons (Fsp3) is 0.308. The van der Waals surface area contributed by atoms with Gasteiger partial charge in [0.05, 0.1) is 19.5 Å². The van der Waals surface area contributed by atoms with E-state index >= 15 is 0 Å². The molecule has 1 aromatic heterocycles. The second-order valence-corrected chi connectivity index (χ2v) is 8.71. The monoisotopic (exact) mass is 467 g/mol. The normalized spacial score (nSPS) is 11.8. The molecule has 2 N–H and O–H groups in total. The zero-order valence-corrected chi connectivity index (χ0v) is 19.7. The Hall–Kier alpha value is -3.03. The lowest BCUT2D eigenvalue weighted by Gasteiger charge is -2.17. The molecule has 3 rings (SSSR count). The van der Waals surface area contributed by atoms with Gasteiger partial charge >= 0.3 is 5.97 Å². The van der Waals surface area contributed by atoms with Crippen molar-refractivity contribution in [1.29, 1.82) is 0 Å². The molecule has 7 heteroatoms. The van der Waals surface area contributed by atoms with E-state index in [2.05, 4.69) is 5.32 Å². The highest BCUT2D eigenvalue weighted by atomic mass is 32.2. The van der Waals surface area contributed by atoms with Gasteiger partial charge in [-0.05, 0) is 71.9 Å². The van der Waals surface area contributed by atoms with Crippen LogP contribution >= 0.6 is 11.8 Å². The van der Waals surface area contributed by atoms with Crippen molar-refractivity contribution in [3.05, 3.63) is 83.3 Å². The predicted octanol–water partition coefficient (Wildman–Crippen LogP) is 4.95. The molecule has 0 bridgehead atoms. The number of carboxylic acid groups (broad SMARTS) is 1. The molecule has 0 aliphatic heterocycles. The lowest BCUT2D eigenvalue weighted by Crippen LogP contribution is -2.41. The van der Waals surface area contributed by atoms with Gasteiger partial charge in [-0.15, -0.1) is 0 Å². The fourth-order valence-electron chi connectivity index (χ4n) is 3.52. The Morgan fingerprint density at radius 1 is 1.12 bits per heavy atom. The first-order valence-corrected chi connectivity index (χ1v) is 12.2. The number of thioether (sulfide) groups is 1. The number of ether oxygens (including phenoxy) is 1. The summed E-state index contributed by atoms with van der Waals surface area (Å²) < 4.78 is 11.1. The maximum atomic E-state index is 13.1. The van der Waals surface area contributed by atoms with E-state index in [1.54, 1.807) is 24.1 Å². The summed E-state index contributed by atoms with van der Waals surface area (Å²) >= 11 is 1.55. The minimum Gasteiger partial charge on any atom is -0.480 e. The minimum atomic E-state index is -1.03. The third-order valence-electron chi connectivity index (χ3n) is 5.32. The number of nitrogens with one attached hydrogen (secondary N) is 1. The van der Waals surface area contributed by atoms with Gasteiger partial charge < -0.3 is 19.6 Å². The molecule has 1 amide bonds. The highest BCUT2D eigenvalue weighted by Crippen LogP contribution is 2.28. The molecule has 2 aromatic carbocycles. The number of hydrogen-bond donors (Lipinski definition) is 2. The van der Waals surface area contributed by atoms with Crippen LogP contribution in [0.3, 0.4) is 0 Å². The SMILES string of the molecule is CSCCC(NC(=O)c1ccc(COCCc2ccco2)cc1-c1ccccc1C)C(=O)O. The largest absolute Gasteiger partial charge is 0.480 e. The number of benzene rings is 2. The van der Waals surface area contributed by atoms with Crippen molar-refractivity contribution in [1.82, 2.24) is 5.32 Å². The van der Waals surface area contributed by atoms with Crippen molar-refractivity contribution >= 4 is 23.6 Å². The minimum absolute atomic E-state index is 0.365. The molecule has 0 aliphatic carbocycles. The number of carboxylic acids is 1. The summed E-state index contributed by atoms with van der Waals surface area (Å²) in [6.07, 6.45) is 4.60. The van der Waals surface area contributed by atoms with E-state index in [0.29, 0.717) is 37.4 Å². The van der Waals surface area contributed by atoms with Crippen LogP contribution in [0.25, 0.3) is 11.1 Å². The third kappa shape index (κ3) is 6.97. The van der Waals surface area contributed by atoms with Crippen LogP contribution in [0.5, 0.6) is 0 Å². The summed E-state index contributed by atoms with van der Waals surface area (Å²) in [7, 11) is 0. The zero-order valence-electron chi connectivity index (χ0n) is 18.9. The third-order valence-corrected chi connectivity index (χ3v) is 5.96. The number of carbonyl (C=O) groups is 2. The van der Waals surface area contributed by atoms with Crippen molar-refractivity contribution < 1.29 is 23.8 Å². The summed E-state index contributed by atoms with van der Waals surface area (Å²) in [5.41, 5.74) is 4.09. The van der Waals surface area contributed by atoms with Crippen LogP contribution in [0.2, 0.25) is 0 Å². The van der Waals surface area contributed by atoms with Crippen LogP contribution < -0.4 is 5.32 Å². The van der Waals surface area contributed by atoms with Gasteiger partial charge in [-0.25, -0.2) is 4.79 Å².